The Hall–Kier alpha value is -2.34. The first-order chi connectivity index (χ1) is 8.83. The van der Waals surface area contributed by atoms with Crippen LogP contribution >= 0.6 is 0 Å². The lowest BCUT2D eigenvalue weighted by atomic mass is 9.94. The van der Waals surface area contributed by atoms with Gasteiger partial charge in [-0.05, 0) is 41.8 Å². The van der Waals surface area contributed by atoms with E-state index in [1.807, 2.05) is 36.4 Å². The summed E-state index contributed by atoms with van der Waals surface area (Å²) < 4.78 is 5.11. The van der Waals surface area contributed by atoms with Crippen molar-refractivity contribution < 1.29 is 4.74 Å². The van der Waals surface area contributed by atoms with E-state index in [0.717, 1.165) is 16.9 Å². The summed E-state index contributed by atoms with van der Waals surface area (Å²) in [4.78, 5) is 3.97. The van der Waals surface area contributed by atoms with E-state index in [1.165, 1.54) is 0 Å². The average molecular weight is 238 g/mol. The fourth-order valence-corrected chi connectivity index (χ4v) is 1.83. The summed E-state index contributed by atoms with van der Waals surface area (Å²) in [5, 5.41) is 9.27. The van der Waals surface area contributed by atoms with E-state index in [2.05, 4.69) is 11.1 Å². The molecule has 18 heavy (non-hydrogen) atoms. The molecule has 3 heteroatoms. The van der Waals surface area contributed by atoms with Crippen LogP contribution in [-0.2, 0) is 6.42 Å². The lowest BCUT2D eigenvalue weighted by Crippen LogP contribution is -2.00. The summed E-state index contributed by atoms with van der Waals surface area (Å²) in [5.41, 5.74) is 2.13. The number of hydrogen-bond donors (Lipinski definition) is 0. The van der Waals surface area contributed by atoms with Crippen molar-refractivity contribution in [3.05, 3.63) is 59.9 Å². The molecule has 0 radical (unpaired) electrons. The van der Waals surface area contributed by atoms with Gasteiger partial charge in [0.1, 0.15) is 5.75 Å². The molecule has 0 aliphatic heterocycles. The van der Waals surface area contributed by atoms with Gasteiger partial charge < -0.3 is 4.74 Å². The molecule has 0 fully saturated rings. The van der Waals surface area contributed by atoms with Crippen LogP contribution in [0.25, 0.3) is 0 Å². The van der Waals surface area contributed by atoms with Crippen LogP contribution in [0, 0.1) is 11.3 Å². The number of hydrogen-bond acceptors (Lipinski definition) is 3. The molecule has 0 spiro atoms. The van der Waals surface area contributed by atoms with Gasteiger partial charge in [-0.25, -0.2) is 0 Å². The molecular weight excluding hydrogens is 224 g/mol. The van der Waals surface area contributed by atoms with Gasteiger partial charge in [-0.3, -0.25) is 4.98 Å². The van der Waals surface area contributed by atoms with Gasteiger partial charge in [-0.15, -0.1) is 0 Å². The van der Waals surface area contributed by atoms with Crippen molar-refractivity contribution in [2.45, 2.75) is 12.3 Å². The quantitative estimate of drug-likeness (QED) is 0.822. The van der Waals surface area contributed by atoms with Gasteiger partial charge in [-0.1, -0.05) is 12.1 Å². The Morgan fingerprint density at radius 2 is 1.83 bits per heavy atom. The topological polar surface area (TPSA) is 45.9 Å². The second-order valence-corrected chi connectivity index (χ2v) is 4.01. The smallest absolute Gasteiger partial charge is 0.118 e. The van der Waals surface area contributed by atoms with Gasteiger partial charge in [0, 0.05) is 12.4 Å². The number of methoxy groups -OCH3 is 1. The minimum atomic E-state index is -0.140. The Balaban J connectivity index is 2.16. The maximum atomic E-state index is 9.27. The molecule has 1 unspecified atom stereocenters. The van der Waals surface area contributed by atoms with E-state index in [1.54, 1.807) is 19.5 Å². The molecular formula is C15H14N2O. The van der Waals surface area contributed by atoms with E-state index in [4.69, 9.17) is 4.74 Å². The molecule has 0 saturated heterocycles. The molecule has 0 saturated carbocycles. The van der Waals surface area contributed by atoms with Crippen LogP contribution in [0.5, 0.6) is 5.75 Å². The monoisotopic (exact) mass is 238 g/mol. The number of nitrogens with zero attached hydrogens (tertiary/aromatic N) is 2. The van der Waals surface area contributed by atoms with Crippen molar-refractivity contribution in [2.24, 2.45) is 0 Å². The summed E-state index contributed by atoms with van der Waals surface area (Å²) in [5.74, 6) is 0.664. The molecule has 3 nitrogen and oxygen atoms in total. The lowest BCUT2D eigenvalue weighted by molar-refractivity contribution is 0.414. The third-order valence-electron chi connectivity index (χ3n) is 2.86. The molecule has 90 valence electrons. The number of aromatic nitrogens is 1. The largest absolute Gasteiger partial charge is 0.497 e. The van der Waals surface area contributed by atoms with E-state index < -0.39 is 0 Å². The zero-order valence-electron chi connectivity index (χ0n) is 10.2. The van der Waals surface area contributed by atoms with E-state index in [9.17, 15) is 5.26 Å². The fraction of sp³-hybridized carbons (Fsp3) is 0.200. The van der Waals surface area contributed by atoms with Gasteiger partial charge in [0.15, 0.2) is 0 Å². The van der Waals surface area contributed by atoms with Gasteiger partial charge in [0.05, 0.1) is 19.1 Å². The van der Waals surface area contributed by atoms with E-state index >= 15 is 0 Å². The molecule has 0 aliphatic rings. The Kier molecular flexibility index (Phi) is 3.93. The second kappa shape index (κ2) is 5.83. The highest BCUT2D eigenvalue weighted by molar-refractivity contribution is 5.33. The van der Waals surface area contributed by atoms with Gasteiger partial charge in [-0.2, -0.15) is 5.26 Å². The zero-order chi connectivity index (χ0) is 12.8. The Labute approximate surface area is 107 Å². The predicted octanol–water partition coefficient (Wildman–Crippen LogP) is 2.94. The van der Waals surface area contributed by atoms with Crippen LogP contribution in [-0.4, -0.2) is 12.1 Å². The number of benzene rings is 1. The Morgan fingerprint density at radius 3 is 2.39 bits per heavy atom. The first kappa shape index (κ1) is 12.1. The molecule has 0 bridgehead atoms. The summed E-state index contributed by atoms with van der Waals surface area (Å²) in [6.07, 6.45) is 4.20. The third kappa shape index (κ3) is 2.86. The molecule has 1 atom stereocenters. The van der Waals surface area contributed by atoms with Crippen LogP contribution in [0.2, 0.25) is 0 Å². The summed E-state index contributed by atoms with van der Waals surface area (Å²) in [7, 11) is 1.63. The van der Waals surface area contributed by atoms with Crippen molar-refractivity contribution >= 4 is 0 Å². The van der Waals surface area contributed by atoms with Crippen molar-refractivity contribution in [3.8, 4) is 11.8 Å². The molecule has 1 heterocycles. The average Bonchev–Trinajstić information content (AvgIpc) is 2.46. The normalized spacial score (nSPS) is 11.6. The molecule has 2 aromatic rings. The first-order valence-electron chi connectivity index (χ1n) is 5.76. The van der Waals surface area contributed by atoms with Crippen LogP contribution in [0.1, 0.15) is 17.0 Å². The number of ether oxygens (including phenoxy) is 1. The van der Waals surface area contributed by atoms with Crippen LogP contribution < -0.4 is 4.74 Å². The number of nitriles is 1. The fourth-order valence-electron chi connectivity index (χ4n) is 1.83. The summed E-state index contributed by atoms with van der Waals surface area (Å²) in [6, 6.07) is 13.9. The van der Waals surface area contributed by atoms with E-state index in [0.29, 0.717) is 6.42 Å². The zero-order valence-corrected chi connectivity index (χ0v) is 10.2. The van der Waals surface area contributed by atoms with Gasteiger partial charge in [0.25, 0.3) is 0 Å². The van der Waals surface area contributed by atoms with Crippen molar-refractivity contribution in [3.63, 3.8) is 0 Å². The maximum Gasteiger partial charge on any atom is 0.118 e. The number of pyridine rings is 1. The van der Waals surface area contributed by atoms with Gasteiger partial charge >= 0.3 is 0 Å². The van der Waals surface area contributed by atoms with Crippen molar-refractivity contribution in [1.29, 1.82) is 5.26 Å². The van der Waals surface area contributed by atoms with E-state index in [-0.39, 0.29) is 5.92 Å². The lowest BCUT2D eigenvalue weighted by Gasteiger charge is -2.10. The highest BCUT2D eigenvalue weighted by Crippen LogP contribution is 2.22. The minimum Gasteiger partial charge on any atom is -0.497 e. The second-order valence-electron chi connectivity index (χ2n) is 4.01. The first-order valence-corrected chi connectivity index (χ1v) is 5.76. The summed E-state index contributed by atoms with van der Waals surface area (Å²) in [6.45, 7) is 0. The predicted molar refractivity (Wildman–Crippen MR) is 69.3 cm³/mol. The number of rotatable bonds is 4. The SMILES string of the molecule is COc1ccc(C(C#N)Cc2ccncc2)cc1. The maximum absolute atomic E-state index is 9.27. The highest BCUT2D eigenvalue weighted by atomic mass is 16.5. The van der Waals surface area contributed by atoms with Crippen LogP contribution in [0.3, 0.4) is 0 Å². The molecule has 0 amide bonds. The molecule has 2 rings (SSSR count). The van der Waals surface area contributed by atoms with Crippen LogP contribution in [0.15, 0.2) is 48.8 Å². The molecule has 0 aliphatic carbocycles. The Morgan fingerprint density at radius 1 is 1.17 bits per heavy atom. The minimum absolute atomic E-state index is 0.140. The Bertz CT molecular complexity index is 529. The van der Waals surface area contributed by atoms with Crippen molar-refractivity contribution in [1.82, 2.24) is 4.98 Å². The van der Waals surface area contributed by atoms with Crippen molar-refractivity contribution in [2.75, 3.05) is 7.11 Å². The van der Waals surface area contributed by atoms with Crippen LogP contribution in [0.4, 0.5) is 0 Å². The molecule has 0 N–H and O–H groups in total. The summed E-state index contributed by atoms with van der Waals surface area (Å²) >= 11 is 0. The third-order valence-corrected chi connectivity index (χ3v) is 2.86. The molecule has 1 aromatic heterocycles. The standard InChI is InChI=1S/C15H14N2O/c1-18-15-4-2-13(3-5-15)14(11-16)10-12-6-8-17-9-7-12/h2-9,14H,10H2,1H3. The highest BCUT2D eigenvalue weighted by Gasteiger charge is 2.11. The van der Waals surface area contributed by atoms with Gasteiger partial charge in [0.2, 0.25) is 0 Å². The molecule has 1 aromatic carbocycles.